The lowest BCUT2D eigenvalue weighted by Gasteiger charge is -2.07. The van der Waals surface area contributed by atoms with Gasteiger partial charge in [0.15, 0.2) is 0 Å². The molecule has 1 N–H and O–H groups in total. The standard InChI is InChI=1S/C18H14N2O/c1-21-12-6-7-18-15(10-12)13(8-9-19-18)16-11-20-17-5-3-2-4-14(16)17/h2-11,20H,1H3. The molecular weight excluding hydrogens is 260 g/mol. The van der Waals surface area contributed by atoms with E-state index in [1.807, 2.05) is 30.5 Å². The van der Waals surface area contributed by atoms with Crippen LogP contribution in [0.25, 0.3) is 32.9 Å². The van der Waals surface area contributed by atoms with Crippen molar-refractivity contribution in [2.45, 2.75) is 0 Å². The summed E-state index contributed by atoms with van der Waals surface area (Å²) in [6.07, 6.45) is 3.91. The number of hydrogen-bond acceptors (Lipinski definition) is 2. The number of aromatic nitrogens is 2. The molecule has 4 rings (SSSR count). The predicted octanol–water partition coefficient (Wildman–Crippen LogP) is 4.39. The zero-order valence-electron chi connectivity index (χ0n) is 11.6. The lowest BCUT2D eigenvalue weighted by atomic mass is 10.0. The van der Waals surface area contributed by atoms with Crippen LogP contribution < -0.4 is 4.74 Å². The average molecular weight is 274 g/mol. The van der Waals surface area contributed by atoms with Crippen molar-refractivity contribution in [2.75, 3.05) is 7.11 Å². The maximum Gasteiger partial charge on any atom is 0.119 e. The summed E-state index contributed by atoms with van der Waals surface area (Å²) < 4.78 is 5.35. The Balaban J connectivity index is 2.05. The Bertz CT molecular complexity index is 940. The van der Waals surface area contributed by atoms with Crippen LogP contribution in [0.2, 0.25) is 0 Å². The summed E-state index contributed by atoms with van der Waals surface area (Å²) >= 11 is 0. The van der Waals surface area contributed by atoms with Crippen molar-refractivity contribution in [3.63, 3.8) is 0 Å². The van der Waals surface area contributed by atoms with Gasteiger partial charge in [0, 0.05) is 34.2 Å². The summed E-state index contributed by atoms with van der Waals surface area (Å²) in [5, 5.41) is 2.31. The summed E-state index contributed by atoms with van der Waals surface area (Å²) in [5.74, 6) is 0.844. The predicted molar refractivity (Wildman–Crippen MR) is 85.6 cm³/mol. The van der Waals surface area contributed by atoms with Crippen molar-refractivity contribution in [3.05, 3.63) is 60.9 Å². The highest BCUT2D eigenvalue weighted by molar-refractivity contribution is 6.04. The molecule has 2 aromatic heterocycles. The monoisotopic (exact) mass is 274 g/mol. The molecule has 102 valence electrons. The molecule has 3 heteroatoms. The Morgan fingerprint density at radius 2 is 1.86 bits per heavy atom. The van der Waals surface area contributed by atoms with Gasteiger partial charge in [-0.2, -0.15) is 0 Å². The summed E-state index contributed by atoms with van der Waals surface area (Å²) in [6.45, 7) is 0. The first-order valence-corrected chi connectivity index (χ1v) is 6.86. The first-order chi connectivity index (χ1) is 10.4. The van der Waals surface area contributed by atoms with E-state index in [4.69, 9.17) is 4.74 Å². The van der Waals surface area contributed by atoms with Crippen molar-refractivity contribution in [2.24, 2.45) is 0 Å². The van der Waals surface area contributed by atoms with E-state index in [-0.39, 0.29) is 0 Å². The van der Waals surface area contributed by atoms with Gasteiger partial charge < -0.3 is 9.72 Å². The molecule has 0 aliphatic carbocycles. The van der Waals surface area contributed by atoms with Gasteiger partial charge in [0.05, 0.1) is 12.6 Å². The molecule has 0 aliphatic heterocycles. The van der Waals surface area contributed by atoms with E-state index in [1.54, 1.807) is 7.11 Å². The van der Waals surface area contributed by atoms with Crippen LogP contribution in [0.15, 0.2) is 60.9 Å². The van der Waals surface area contributed by atoms with Crippen LogP contribution in [-0.4, -0.2) is 17.1 Å². The van der Waals surface area contributed by atoms with Crippen LogP contribution >= 0.6 is 0 Å². The zero-order chi connectivity index (χ0) is 14.2. The number of ether oxygens (including phenoxy) is 1. The molecule has 0 amide bonds. The summed E-state index contributed by atoms with van der Waals surface area (Å²) in [4.78, 5) is 7.77. The molecule has 0 fully saturated rings. The Morgan fingerprint density at radius 3 is 2.76 bits per heavy atom. The fourth-order valence-corrected chi connectivity index (χ4v) is 2.78. The van der Waals surface area contributed by atoms with Gasteiger partial charge in [-0.15, -0.1) is 0 Å². The molecule has 3 nitrogen and oxygen atoms in total. The number of para-hydroxylation sites is 1. The number of H-pyrrole nitrogens is 1. The van der Waals surface area contributed by atoms with E-state index in [0.29, 0.717) is 0 Å². The molecule has 21 heavy (non-hydrogen) atoms. The molecule has 0 radical (unpaired) electrons. The molecule has 0 atom stereocenters. The second kappa shape index (κ2) is 4.63. The van der Waals surface area contributed by atoms with E-state index < -0.39 is 0 Å². The number of methoxy groups -OCH3 is 1. The van der Waals surface area contributed by atoms with Crippen LogP contribution in [0.1, 0.15) is 0 Å². The van der Waals surface area contributed by atoms with E-state index in [9.17, 15) is 0 Å². The molecule has 0 aliphatic rings. The first kappa shape index (κ1) is 12.0. The zero-order valence-corrected chi connectivity index (χ0v) is 11.6. The van der Waals surface area contributed by atoms with Crippen LogP contribution in [-0.2, 0) is 0 Å². The Kier molecular flexibility index (Phi) is 2.64. The minimum Gasteiger partial charge on any atom is -0.497 e. The SMILES string of the molecule is COc1ccc2nccc(-c3c[nH]c4ccccc34)c2c1. The number of hydrogen-bond donors (Lipinski definition) is 1. The van der Waals surface area contributed by atoms with Gasteiger partial charge in [-0.3, -0.25) is 4.98 Å². The molecule has 4 aromatic rings. The maximum atomic E-state index is 5.35. The number of pyridine rings is 1. The number of nitrogens with one attached hydrogen (secondary N) is 1. The maximum absolute atomic E-state index is 5.35. The first-order valence-electron chi connectivity index (χ1n) is 6.86. The normalized spacial score (nSPS) is 11.1. The van der Waals surface area contributed by atoms with Crippen molar-refractivity contribution >= 4 is 21.8 Å². The molecule has 0 spiro atoms. The summed E-state index contributed by atoms with van der Waals surface area (Å²) in [7, 11) is 1.68. The summed E-state index contributed by atoms with van der Waals surface area (Å²) in [6, 6.07) is 16.3. The number of aromatic amines is 1. The van der Waals surface area contributed by atoms with Crippen molar-refractivity contribution < 1.29 is 4.74 Å². The van der Waals surface area contributed by atoms with Gasteiger partial charge in [-0.25, -0.2) is 0 Å². The quantitative estimate of drug-likeness (QED) is 0.588. The lowest BCUT2D eigenvalue weighted by molar-refractivity contribution is 0.415. The number of rotatable bonds is 2. The molecule has 0 unspecified atom stereocenters. The topological polar surface area (TPSA) is 37.9 Å². The van der Waals surface area contributed by atoms with Crippen molar-refractivity contribution in [1.29, 1.82) is 0 Å². The fourth-order valence-electron chi connectivity index (χ4n) is 2.78. The number of benzene rings is 2. The molecular formula is C18H14N2O. The second-order valence-electron chi connectivity index (χ2n) is 4.99. The van der Waals surface area contributed by atoms with E-state index >= 15 is 0 Å². The second-order valence-corrected chi connectivity index (χ2v) is 4.99. The van der Waals surface area contributed by atoms with Crippen molar-refractivity contribution in [3.8, 4) is 16.9 Å². The highest BCUT2D eigenvalue weighted by atomic mass is 16.5. The minimum atomic E-state index is 0.844. The molecule has 0 bridgehead atoms. The Morgan fingerprint density at radius 1 is 0.952 bits per heavy atom. The third-order valence-electron chi connectivity index (χ3n) is 3.83. The summed E-state index contributed by atoms with van der Waals surface area (Å²) in [5.41, 5.74) is 4.46. The van der Waals surface area contributed by atoms with Gasteiger partial charge >= 0.3 is 0 Å². The van der Waals surface area contributed by atoms with Crippen LogP contribution in [0.4, 0.5) is 0 Å². The van der Waals surface area contributed by atoms with Gasteiger partial charge in [0.1, 0.15) is 5.75 Å². The Hall–Kier alpha value is -2.81. The molecule has 0 saturated carbocycles. The molecule has 2 heterocycles. The fraction of sp³-hybridized carbons (Fsp3) is 0.0556. The third kappa shape index (κ3) is 1.86. The molecule has 2 aromatic carbocycles. The number of fused-ring (bicyclic) bond motifs is 2. The van der Waals surface area contributed by atoms with Gasteiger partial charge in [0.25, 0.3) is 0 Å². The third-order valence-corrected chi connectivity index (χ3v) is 3.83. The molecule has 0 saturated heterocycles. The van der Waals surface area contributed by atoms with E-state index in [0.717, 1.165) is 27.7 Å². The van der Waals surface area contributed by atoms with Crippen molar-refractivity contribution in [1.82, 2.24) is 9.97 Å². The highest BCUT2D eigenvalue weighted by Gasteiger charge is 2.10. The van der Waals surface area contributed by atoms with Crippen LogP contribution in [0.5, 0.6) is 5.75 Å². The largest absolute Gasteiger partial charge is 0.497 e. The van der Waals surface area contributed by atoms with E-state index in [1.165, 1.54) is 10.9 Å². The highest BCUT2D eigenvalue weighted by Crippen LogP contribution is 2.34. The lowest BCUT2D eigenvalue weighted by Crippen LogP contribution is -1.87. The van der Waals surface area contributed by atoms with Crippen LogP contribution in [0.3, 0.4) is 0 Å². The minimum absolute atomic E-state index is 0.844. The van der Waals surface area contributed by atoms with Crippen LogP contribution in [0, 0.1) is 0 Å². The van der Waals surface area contributed by atoms with Gasteiger partial charge in [-0.1, -0.05) is 18.2 Å². The van der Waals surface area contributed by atoms with E-state index in [2.05, 4.69) is 40.4 Å². The number of nitrogens with zero attached hydrogens (tertiary/aromatic N) is 1. The van der Waals surface area contributed by atoms with Gasteiger partial charge in [0.2, 0.25) is 0 Å². The van der Waals surface area contributed by atoms with Gasteiger partial charge in [-0.05, 0) is 35.9 Å². The average Bonchev–Trinajstić information content (AvgIpc) is 2.97. The Labute approximate surface area is 122 Å². The smallest absolute Gasteiger partial charge is 0.119 e.